The van der Waals surface area contributed by atoms with Crippen LogP contribution in [0, 0.1) is 27.6 Å². The monoisotopic (exact) mass is 1000 g/mol. The van der Waals surface area contributed by atoms with Gasteiger partial charge < -0.3 is 108 Å². The van der Waals surface area contributed by atoms with Crippen LogP contribution in [-0.2, 0) is 38.4 Å². The van der Waals surface area contributed by atoms with Gasteiger partial charge in [-0.1, -0.05) is 13.8 Å². The molecule has 0 aliphatic rings. The fourth-order valence-electron chi connectivity index (χ4n) is 6.07. The predicted molar refractivity (Wildman–Crippen MR) is 252 cm³/mol. The Hall–Kier alpha value is -7.32. The summed E-state index contributed by atoms with van der Waals surface area (Å²) in [7, 11) is 0. The Morgan fingerprint density at radius 3 is 0.986 bits per heavy atom. The first kappa shape index (κ1) is 62.7. The molecule has 0 heterocycles. The summed E-state index contributed by atoms with van der Waals surface area (Å²) in [6.45, 7) is 0.576. The highest BCUT2D eigenvalue weighted by atomic mass is 16.4. The van der Waals surface area contributed by atoms with E-state index in [1.807, 2.05) is 0 Å². The first-order valence-corrected chi connectivity index (χ1v) is 22.1. The summed E-state index contributed by atoms with van der Waals surface area (Å²) >= 11 is 0. The highest BCUT2D eigenvalue weighted by molar-refractivity contribution is 5.97. The Morgan fingerprint density at radius 1 is 0.414 bits per heavy atom. The third-order valence-corrected chi connectivity index (χ3v) is 9.87. The number of rotatable bonds is 35. The Labute approximate surface area is 403 Å². The smallest absolute Gasteiger partial charge is 0.326 e. The molecule has 0 unspecified atom stereocenters. The van der Waals surface area contributed by atoms with E-state index in [0.29, 0.717) is 0 Å². The number of carbonyl (C=O) groups excluding carboxylic acids is 7. The number of aliphatic carboxylic acids is 1. The first-order valence-electron chi connectivity index (χ1n) is 22.1. The molecule has 0 spiro atoms. The molecule has 7 amide bonds. The predicted octanol–water partition coefficient (Wildman–Crippen LogP) is -9.52. The molecule has 70 heavy (non-hydrogen) atoms. The lowest BCUT2D eigenvalue weighted by Crippen LogP contribution is -2.61. The van der Waals surface area contributed by atoms with E-state index >= 15 is 0 Å². The molecule has 0 radical (unpaired) electrons. The van der Waals surface area contributed by atoms with Crippen LogP contribution in [0.3, 0.4) is 0 Å². The molecule has 0 saturated heterocycles. The van der Waals surface area contributed by atoms with Crippen LogP contribution in [-0.4, -0.2) is 186 Å². The molecule has 8 atom stereocenters. The highest BCUT2D eigenvalue weighted by Gasteiger charge is 2.35. The minimum absolute atomic E-state index is 0.0179. The SMILES string of the molecule is CC(C)[C@H](NC(=O)[C@H](CCCNC(=N)N)NC(=O)[C@@H](N)CO)C(=O)N[C@@H](CO)C(=O)N[C@@H](CCCNC(=N)N)C(=O)N[C@@H](CCCNC(=N)N)C(=O)N[C@@H](CO)C(=O)N[C@@H](CCCNC(=N)N)C(=O)O. The average molecular weight is 1000 g/mol. The molecule has 29 N–H and O–H groups in total. The molecule has 0 aromatic rings. The standard InChI is InChI=1S/C38H74N20O12/c1-18(2)26(58-30(65)22(9-5-13-50-37(44)45)52-27(62)19(39)15-59)33(68)57-25(17-61)31(66)54-20(7-3-11-48-35(40)41)28(63)53-21(8-4-12-49-36(42)43)29(64)56-24(16-60)32(67)55-23(34(69)70)10-6-14-51-38(46)47/h18-26,59-61H,3-17,39H2,1-2H3,(H,52,62)(H,53,63)(H,54,66)(H,55,67)(H,56,64)(H,57,68)(H,58,65)(H,69,70)(H4,40,41,48)(H4,42,43,49)(H4,44,45,50)(H4,46,47,51)/t19-,20-,21-,22-,23-,24-,25-,26-/m0/s1. The van der Waals surface area contributed by atoms with Gasteiger partial charge in [-0.2, -0.15) is 0 Å². The molecule has 0 aromatic carbocycles. The Bertz CT molecular complexity index is 1790. The van der Waals surface area contributed by atoms with E-state index in [1.54, 1.807) is 13.8 Å². The van der Waals surface area contributed by atoms with Crippen LogP contribution in [0.5, 0.6) is 0 Å². The second-order valence-electron chi connectivity index (χ2n) is 16.0. The van der Waals surface area contributed by atoms with Crippen molar-refractivity contribution in [1.29, 1.82) is 21.6 Å². The van der Waals surface area contributed by atoms with Gasteiger partial charge >= 0.3 is 5.97 Å². The fraction of sp³-hybridized carbons (Fsp3) is 0.684. The molecule has 0 aromatic heterocycles. The molecule has 0 saturated carbocycles. The van der Waals surface area contributed by atoms with E-state index in [4.69, 9.17) is 50.3 Å². The van der Waals surface area contributed by atoms with E-state index in [-0.39, 0.29) is 89.5 Å². The van der Waals surface area contributed by atoms with Gasteiger partial charge in [0.2, 0.25) is 41.4 Å². The molecule has 32 nitrogen and oxygen atoms in total. The molecular formula is C38H74N20O12. The minimum Gasteiger partial charge on any atom is -0.480 e. The van der Waals surface area contributed by atoms with Gasteiger partial charge in [-0.25, -0.2) is 4.79 Å². The Balaban J connectivity index is 6.47. The molecule has 0 rings (SSSR count). The molecule has 398 valence electrons. The summed E-state index contributed by atoms with van der Waals surface area (Å²) < 4.78 is 0. The van der Waals surface area contributed by atoms with Crippen LogP contribution < -0.4 is 87.2 Å². The van der Waals surface area contributed by atoms with E-state index in [1.165, 1.54) is 0 Å². The van der Waals surface area contributed by atoms with Gasteiger partial charge in [0, 0.05) is 26.2 Å². The Kier molecular flexibility index (Phi) is 30.5. The summed E-state index contributed by atoms with van der Waals surface area (Å²) in [6, 6.07) is -12.1. The Morgan fingerprint density at radius 2 is 0.686 bits per heavy atom. The van der Waals surface area contributed by atoms with Crippen LogP contribution in [0.15, 0.2) is 0 Å². The van der Waals surface area contributed by atoms with Gasteiger partial charge in [0.15, 0.2) is 23.8 Å². The minimum atomic E-state index is -1.76. The van der Waals surface area contributed by atoms with Gasteiger partial charge in [-0.05, 0) is 57.3 Å². The zero-order valence-corrected chi connectivity index (χ0v) is 39.2. The molecule has 0 aliphatic heterocycles. The third-order valence-electron chi connectivity index (χ3n) is 9.87. The second-order valence-corrected chi connectivity index (χ2v) is 16.0. The summed E-state index contributed by atoms with van der Waals surface area (Å²) in [5.74, 6) is -10.6. The number of aliphatic hydroxyl groups excluding tert-OH is 3. The number of guanidine groups is 4. The van der Waals surface area contributed by atoms with E-state index < -0.39 is 133 Å². The largest absolute Gasteiger partial charge is 0.480 e. The molecule has 0 fully saturated rings. The number of nitrogens with one attached hydrogen (secondary N) is 15. The normalized spacial score (nSPS) is 14.2. The van der Waals surface area contributed by atoms with Crippen LogP contribution in [0.1, 0.15) is 65.2 Å². The molecular weight excluding hydrogens is 929 g/mol. The van der Waals surface area contributed by atoms with Crippen molar-refractivity contribution in [2.45, 2.75) is 114 Å². The zero-order chi connectivity index (χ0) is 53.5. The van der Waals surface area contributed by atoms with E-state index in [0.717, 1.165) is 0 Å². The number of nitrogens with two attached hydrogens (primary N) is 5. The molecule has 0 bridgehead atoms. The maximum absolute atomic E-state index is 14.0. The lowest BCUT2D eigenvalue weighted by molar-refractivity contribution is -0.142. The van der Waals surface area contributed by atoms with Crippen molar-refractivity contribution >= 4 is 71.2 Å². The summed E-state index contributed by atoms with van der Waals surface area (Å²) in [5, 5.41) is 95.3. The van der Waals surface area contributed by atoms with Gasteiger partial charge in [0.1, 0.15) is 48.3 Å². The van der Waals surface area contributed by atoms with Crippen molar-refractivity contribution in [1.82, 2.24) is 58.5 Å². The first-order chi connectivity index (χ1) is 32.9. The van der Waals surface area contributed by atoms with Crippen LogP contribution in [0.25, 0.3) is 0 Å². The van der Waals surface area contributed by atoms with Crippen molar-refractivity contribution in [3.63, 3.8) is 0 Å². The molecule has 32 heteroatoms. The number of aliphatic hydroxyl groups is 3. The van der Waals surface area contributed by atoms with Crippen molar-refractivity contribution in [2.24, 2.45) is 34.6 Å². The number of amides is 7. The van der Waals surface area contributed by atoms with Crippen molar-refractivity contribution in [3.8, 4) is 0 Å². The van der Waals surface area contributed by atoms with Crippen LogP contribution >= 0.6 is 0 Å². The lowest BCUT2D eigenvalue weighted by atomic mass is 10.0. The topological polar surface area (TPSA) is 575 Å². The lowest BCUT2D eigenvalue weighted by Gasteiger charge is -2.28. The van der Waals surface area contributed by atoms with Crippen molar-refractivity contribution in [3.05, 3.63) is 0 Å². The van der Waals surface area contributed by atoms with Gasteiger partial charge in [0.05, 0.1) is 19.8 Å². The number of carboxylic acid groups (broad SMARTS) is 1. The fourth-order valence-corrected chi connectivity index (χ4v) is 6.07. The summed E-state index contributed by atoms with van der Waals surface area (Å²) in [5.41, 5.74) is 26.9. The van der Waals surface area contributed by atoms with Crippen LogP contribution in [0.2, 0.25) is 0 Å². The highest BCUT2D eigenvalue weighted by Crippen LogP contribution is 2.08. The van der Waals surface area contributed by atoms with Gasteiger partial charge in [-0.3, -0.25) is 55.2 Å². The summed E-state index contributed by atoms with van der Waals surface area (Å²) in [4.78, 5) is 106. The number of carbonyl (C=O) groups is 8. The van der Waals surface area contributed by atoms with Crippen molar-refractivity contribution < 1.29 is 58.8 Å². The van der Waals surface area contributed by atoms with Crippen molar-refractivity contribution in [2.75, 3.05) is 46.0 Å². The summed E-state index contributed by atoms with van der Waals surface area (Å²) in [6.07, 6.45) is -0.109. The van der Waals surface area contributed by atoms with Gasteiger partial charge in [0.25, 0.3) is 0 Å². The third kappa shape index (κ3) is 26.3. The quantitative estimate of drug-likeness (QED) is 0.0159. The zero-order valence-electron chi connectivity index (χ0n) is 39.2. The maximum Gasteiger partial charge on any atom is 0.326 e. The van der Waals surface area contributed by atoms with Gasteiger partial charge in [-0.15, -0.1) is 0 Å². The average Bonchev–Trinajstić information content (AvgIpc) is 3.28. The number of carboxylic acids is 1. The number of hydrogen-bond donors (Lipinski definition) is 24. The second kappa shape index (κ2) is 34.0. The number of hydrogen-bond acceptors (Lipinski definition) is 16. The molecule has 0 aliphatic carbocycles. The van der Waals surface area contributed by atoms with Crippen LogP contribution in [0.4, 0.5) is 0 Å². The van der Waals surface area contributed by atoms with E-state index in [9.17, 15) is 58.8 Å². The maximum atomic E-state index is 14.0. The van der Waals surface area contributed by atoms with E-state index in [2.05, 4.69) is 58.5 Å².